The van der Waals surface area contributed by atoms with Crippen molar-refractivity contribution in [2.45, 2.75) is 45.2 Å². The first-order valence-corrected chi connectivity index (χ1v) is 7.50. The van der Waals surface area contributed by atoms with E-state index in [1.807, 2.05) is 0 Å². The second-order valence-electron chi connectivity index (χ2n) is 5.05. The molecule has 0 amide bonds. The normalized spacial score (nSPS) is 23.5. The highest BCUT2D eigenvalue weighted by Crippen LogP contribution is 2.41. The molecule has 1 aliphatic rings. The number of hydrogen-bond acceptors (Lipinski definition) is 3. The first-order chi connectivity index (χ1) is 8.91. The van der Waals surface area contributed by atoms with E-state index in [-0.39, 0.29) is 5.69 Å². The van der Waals surface area contributed by atoms with Gasteiger partial charge >= 0.3 is 0 Å². The van der Waals surface area contributed by atoms with Gasteiger partial charge in [0.2, 0.25) is 0 Å². The van der Waals surface area contributed by atoms with E-state index in [0.717, 1.165) is 18.5 Å². The van der Waals surface area contributed by atoms with Gasteiger partial charge in [-0.05, 0) is 49.0 Å². The molecule has 1 heterocycles. The molecule has 0 spiro atoms. The van der Waals surface area contributed by atoms with Gasteiger partial charge in [-0.25, -0.2) is 0 Å². The van der Waals surface area contributed by atoms with E-state index >= 15 is 0 Å². The van der Waals surface area contributed by atoms with Crippen LogP contribution >= 0.6 is 27.5 Å². The topological polar surface area (TPSA) is 46.4 Å². The molecule has 2 atom stereocenters. The number of halogens is 2. The zero-order valence-electron chi connectivity index (χ0n) is 10.9. The Morgan fingerprint density at radius 2 is 1.95 bits per heavy atom. The quantitative estimate of drug-likeness (QED) is 0.571. The van der Waals surface area contributed by atoms with E-state index in [1.165, 1.54) is 18.6 Å². The van der Waals surface area contributed by atoms with Crippen LogP contribution in [-0.2, 0) is 0 Å². The summed E-state index contributed by atoms with van der Waals surface area (Å²) in [4.78, 5) is 12.7. The van der Waals surface area contributed by atoms with Crippen LogP contribution in [0.3, 0.4) is 0 Å². The Morgan fingerprint density at radius 1 is 1.37 bits per heavy atom. The maximum atomic E-state index is 10.8. The number of benzene rings is 1. The predicted molar refractivity (Wildman–Crippen MR) is 81.1 cm³/mol. The van der Waals surface area contributed by atoms with Gasteiger partial charge in [0.05, 0.1) is 15.6 Å². The molecule has 1 aliphatic heterocycles. The van der Waals surface area contributed by atoms with Crippen molar-refractivity contribution in [1.29, 1.82) is 0 Å². The lowest BCUT2D eigenvalue weighted by Crippen LogP contribution is -2.44. The highest BCUT2D eigenvalue weighted by molar-refractivity contribution is 9.10. The van der Waals surface area contributed by atoms with Crippen LogP contribution in [0.15, 0.2) is 16.6 Å². The molecule has 0 saturated carbocycles. The molecule has 0 aromatic heterocycles. The first kappa shape index (κ1) is 14.6. The number of nitro groups is 1. The Bertz CT molecular complexity index is 476. The van der Waals surface area contributed by atoms with Crippen LogP contribution in [0.2, 0.25) is 5.02 Å². The van der Waals surface area contributed by atoms with Crippen molar-refractivity contribution < 1.29 is 4.92 Å². The Hall–Kier alpha value is -0.810. The van der Waals surface area contributed by atoms with Crippen molar-refractivity contribution in [2.75, 3.05) is 4.90 Å². The molecule has 1 aromatic carbocycles. The molecule has 0 aliphatic carbocycles. The van der Waals surface area contributed by atoms with E-state index in [2.05, 4.69) is 34.7 Å². The summed E-state index contributed by atoms with van der Waals surface area (Å²) in [6.07, 6.45) is 3.44. The highest BCUT2D eigenvalue weighted by Gasteiger charge is 2.29. The van der Waals surface area contributed by atoms with E-state index in [4.69, 9.17) is 11.6 Å². The predicted octanol–water partition coefficient (Wildman–Crippen LogP) is 4.78. The number of non-ortho nitro benzene ring substituents is 1. The monoisotopic (exact) mass is 346 g/mol. The van der Waals surface area contributed by atoms with E-state index in [9.17, 15) is 10.1 Å². The number of nitro benzene ring substituents is 1. The van der Waals surface area contributed by atoms with Crippen molar-refractivity contribution >= 4 is 38.9 Å². The summed E-state index contributed by atoms with van der Waals surface area (Å²) in [5, 5.41) is 11.3. The highest BCUT2D eigenvalue weighted by atomic mass is 79.9. The van der Waals surface area contributed by atoms with Gasteiger partial charge in [-0.3, -0.25) is 10.1 Å². The van der Waals surface area contributed by atoms with E-state index < -0.39 is 4.92 Å². The minimum absolute atomic E-state index is 0.0120. The summed E-state index contributed by atoms with van der Waals surface area (Å²) >= 11 is 9.69. The van der Waals surface area contributed by atoms with Gasteiger partial charge in [0.25, 0.3) is 5.69 Å². The van der Waals surface area contributed by atoms with Crippen LogP contribution in [0.1, 0.15) is 33.1 Å². The van der Waals surface area contributed by atoms with Crippen molar-refractivity contribution in [3.63, 3.8) is 0 Å². The molecule has 1 saturated heterocycles. The van der Waals surface area contributed by atoms with Gasteiger partial charge in [0, 0.05) is 28.7 Å². The van der Waals surface area contributed by atoms with Crippen LogP contribution in [0.4, 0.5) is 11.4 Å². The fourth-order valence-corrected chi connectivity index (χ4v) is 3.84. The third-order valence-corrected chi connectivity index (χ3v) is 4.56. The van der Waals surface area contributed by atoms with Crippen LogP contribution in [-0.4, -0.2) is 17.0 Å². The zero-order valence-corrected chi connectivity index (χ0v) is 13.2. The van der Waals surface area contributed by atoms with Crippen molar-refractivity contribution in [1.82, 2.24) is 0 Å². The fraction of sp³-hybridized carbons (Fsp3) is 0.538. The Labute approximate surface area is 126 Å². The first-order valence-electron chi connectivity index (χ1n) is 6.33. The lowest BCUT2D eigenvalue weighted by Gasteiger charge is -2.41. The van der Waals surface area contributed by atoms with Crippen molar-refractivity contribution in [2.24, 2.45) is 0 Å². The third kappa shape index (κ3) is 2.87. The average Bonchev–Trinajstić information content (AvgIpc) is 2.31. The van der Waals surface area contributed by atoms with Crippen LogP contribution in [0, 0.1) is 10.1 Å². The summed E-state index contributed by atoms with van der Waals surface area (Å²) in [6, 6.07) is 3.73. The van der Waals surface area contributed by atoms with Gasteiger partial charge < -0.3 is 4.90 Å². The average molecular weight is 348 g/mol. The lowest BCUT2D eigenvalue weighted by molar-refractivity contribution is -0.384. The van der Waals surface area contributed by atoms with E-state index in [0.29, 0.717) is 21.6 Å². The standard InChI is InChI=1S/C13H16BrClN2O2/c1-8-4-3-5-9(2)16(8)13-11(14)6-10(17(18)19)7-12(13)15/h6-9H,3-5H2,1-2H3/t8-,9-/m1/s1. The summed E-state index contributed by atoms with van der Waals surface area (Å²) < 4.78 is 0.687. The van der Waals surface area contributed by atoms with Crippen LogP contribution in [0.25, 0.3) is 0 Å². The minimum Gasteiger partial charge on any atom is -0.364 e. The van der Waals surface area contributed by atoms with Gasteiger partial charge in [-0.15, -0.1) is 0 Å². The number of nitrogens with zero attached hydrogens (tertiary/aromatic N) is 2. The molecule has 0 N–H and O–H groups in total. The summed E-state index contributed by atoms with van der Waals surface area (Å²) in [6.45, 7) is 4.33. The molecule has 0 unspecified atom stereocenters. The third-order valence-electron chi connectivity index (χ3n) is 3.66. The summed E-state index contributed by atoms with van der Waals surface area (Å²) in [5.74, 6) is 0. The molecule has 4 nitrogen and oxygen atoms in total. The molecule has 2 rings (SSSR count). The van der Waals surface area contributed by atoms with E-state index in [1.54, 1.807) is 0 Å². The molecule has 104 valence electrons. The molecular formula is C13H16BrClN2O2. The Morgan fingerprint density at radius 3 is 2.42 bits per heavy atom. The molecule has 6 heteroatoms. The molecule has 1 aromatic rings. The number of piperidine rings is 1. The smallest absolute Gasteiger partial charge is 0.272 e. The Kier molecular flexibility index (Phi) is 4.36. The largest absolute Gasteiger partial charge is 0.364 e. The van der Waals surface area contributed by atoms with Gasteiger partial charge in [0.1, 0.15) is 0 Å². The summed E-state index contributed by atoms with van der Waals surface area (Å²) in [7, 11) is 0. The van der Waals surface area contributed by atoms with Gasteiger partial charge in [-0.2, -0.15) is 0 Å². The number of hydrogen-bond donors (Lipinski definition) is 0. The van der Waals surface area contributed by atoms with Crippen molar-refractivity contribution in [3.05, 3.63) is 31.7 Å². The van der Waals surface area contributed by atoms with Gasteiger partial charge in [0.15, 0.2) is 0 Å². The zero-order chi connectivity index (χ0) is 14.2. The second-order valence-corrected chi connectivity index (χ2v) is 6.31. The van der Waals surface area contributed by atoms with Gasteiger partial charge in [-0.1, -0.05) is 11.6 Å². The maximum Gasteiger partial charge on any atom is 0.272 e. The number of rotatable bonds is 2. The molecular weight excluding hydrogens is 332 g/mol. The molecule has 1 fully saturated rings. The van der Waals surface area contributed by atoms with Crippen LogP contribution < -0.4 is 4.90 Å². The molecule has 0 radical (unpaired) electrons. The number of anilines is 1. The molecule has 0 bridgehead atoms. The maximum absolute atomic E-state index is 10.8. The molecule has 19 heavy (non-hydrogen) atoms. The summed E-state index contributed by atoms with van der Waals surface area (Å²) in [5.41, 5.74) is 0.880. The van der Waals surface area contributed by atoms with Crippen molar-refractivity contribution in [3.8, 4) is 0 Å². The Balaban J connectivity index is 2.47. The fourth-order valence-electron chi connectivity index (χ4n) is 2.77. The lowest BCUT2D eigenvalue weighted by atomic mass is 9.96. The minimum atomic E-state index is -0.427. The SMILES string of the molecule is C[C@@H]1CCC[C@@H](C)N1c1c(Cl)cc([N+](=O)[O-])cc1Br. The second kappa shape index (κ2) is 5.67. The van der Waals surface area contributed by atoms with Crippen LogP contribution in [0.5, 0.6) is 0 Å².